The average Bonchev–Trinajstić information content (AvgIpc) is 3.01. The minimum atomic E-state index is 0.519. The van der Waals surface area contributed by atoms with E-state index < -0.39 is 0 Å². The lowest BCUT2D eigenvalue weighted by Crippen LogP contribution is -2.44. The predicted octanol–water partition coefficient (Wildman–Crippen LogP) is 4.11. The van der Waals surface area contributed by atoms with E-state index in [9.17, 15) is 0 Å². The Labute approximate surface area is 127 Å². The van der Waals surface area contributed by atoms with Gasteiger partial charge in [-0.1, -0.05) is 41.5 Å². The molecule has 120 valence electrons. The highest BCUT2D eigenvalue weighted by Gasteiger charge is 2.42. The lowest BCUT2D eigenvalue weighted by atomic mass is 10.1. The maximum atomic E-state index is 2.76. The van der Waals surface area contributed by atoms with Crippen molar-refractivity contribution in [3.8, 4) is 0 Å². The summed E-state index contributed by atoms with van der Waals surface area (Å²) >= 11 is 0. The molecule has 0 N–H and O–H groups in total. The van der Waals surface area contributed by atoms with E-state index in [4.69, 9.17) is 0 Å². The Morgan fingerprint density at radius 3 is 1.55 bits per heavy atom. The molecule has 0 aromatic rings. The standard InChI is InChI=1S/C18H38N2/c1-15(2)12-19(13-16(3)4)10-11-20(14-17(5)6)18(7)8-9-18/h15-17H,8-14H2,1-7H3. The molecule has 2 nitrogen and oxygen atoms in total. The second-order valence-corrected chi connectivity index (χ2v) is 8.38. The summed E-state index contributed by atoms with van der Waals surface area (Å²) in [7, 11) is 0. The summed E-state index contributed by atoms with van der Waals surface area (Å²) in [6.07, 6.45) is 2.79. The Morgan fingerprint density at radius 2 is 1.20 bits per heavy atom. The third-order valence-electron chi connectivity index (χ3n) is 4.26. The topological polar surface area (TPSA) is 6.48 Å². The van der Waals surface area contributed by atoms with Crippen LogP contribution in [0.1, 0.15) is 61.3 Å². The van der Waals surface area contributed by atoms with Crippen LogP contribution in [0.4, 0.5) is 0 Å². The fourth-order valence-electron chi connectivity index (χ4n) is 3.07. The number of rotatable bonds is 10. The average molecular weight is 283 g/mol. The van der Waals surface area contributed by atoms with Crippen LogP contribution in [0.3, 0.4) is 0 Å². The highest BCUT2D eigenvalue weighted by molar-refractivity contribution is 5.00. The van der Waals surface area contributed by atoms with Crippen LogP contribution < -0.4 is 0 Å². The summed E-state index contributed by atoms with van der Waals surface area (Å²) in [6.45, 7) is 22.7. The van der Waals surface area contributed by atoms with Gasteiger partial charge in [0.15, 0.2) is 0 Å². The highest BCUT2D eigenvalue weighted by atomic mass is 15.3. The molecule has 1 saturated carbocycles. The lowest BCUT2D eigenvalue weighted by molar-refractivity contribution is 0.129. The van der Waals surface area contributed by atoms with E-state index in [-0.39, 0.29) is 0 Å². The smallest absolute Gasteiger partial charge is 0.0183 e. The van der Waals surface area contributed by atoms with Crippen molar-refractivity contribution in [1.29, 1.82) is 0 Å². The fraction of sp³-hybridized carbons (Fsp3) is 1.00. The highest BCUT2D eigenvalue weighted by Crippen LogP contribution is 2.41. The Hall–Kier alpha value is -0.0800. The van der Waals surface area contributed by atoms with Gasteiger partial charge in [0.25, 0.3) is 0 Å². The molecule has 0 bridgehead atoms. The van der Waals surface area contributed by atoms with Gasteiger partial charge in [0.2, 0.25) is 0 Å². The van der Waals surface area contributed by atoms with Gasteiger partial charge in [0.05, 0.1) is 0 Å². The van der Waals surface area contributed by atoms with E-state index >= 15 is 0 Å². The van der Waals surface area contributed by atoms with Gasteiger partial charge in [-0.25, -0.2) is 0 Å². The summed E-state index contributed by atoms with van der Waals surface area (Å²) < 4.78 is 0. The molecule has 0 unspecified atom stereocenters. The van der Waals surface area contributed by atoms with Crippen LogP contribution >= 0.6 is 0 Å². The molecule has 0 aromatic carbocycles. The summed E-state index contributed by atoms with van der Waals surface area (Å²) in [5.74, 6) is 2.31. The molecule has 0 radical (unpaired) electrons. The van der Waals surface area contributed by atoms with Crippen LogP contribution in [0.15, 0.2) is 0 Å². The maximum Gasteiger partial charge on any atom is 0.0183 e. The Kier molecular flexibility index (Phi) is 7.00. The first-order chi connectivity index (χ1) is 9.23. The largest absolute Gasteiger partial charge is 0.302 e. The number of nitrogens with zero attached hydrogens (tertiary/aromatic N) is 2. The summed E-state index contributed by atoms with van der Waals surface area (Å²) in [6, 6.07) is 0. The van der Waals surface area contributed by atoms with Gasteiger partial charge in [-0.15, -0.1) is 0 Å². The molecule has 1 aliphatic carbocycles. The molecule has 0 spiro atoms. The van der Waals surface area contributed by atoms with Crippen LogP contribution in [0, 0.1) is 17.8 Å². The van der Waals surface area contributed by atoms with Crippen molar-refractivity contribution < 1.29 is 0 Å². The minimum absolute atomic E-state index is 0.519. The minimum Gasteiger partial charge on any atom is -0.302 e. The van der Waals surface area contributed by atoms with Gasteiger partial charge in [-0.2, -0.15) is 0 Å². The molecule has 1 aliphatic rings. The van der Waals surface area contributed by atoms with E-state index in [2.05, 4.69) is 58.3 Å². The fourth-order valence-corrected chi connectivity index (χ4v) is 3.07. The predicted molar refractivity (Wildman–Crippen MR) is 90.2 cm³/mol. The van der Waals surface area contributed by atoms with Crippen molar-refractivity contribution in [2.24, 2.45) is 17.8 Å². The second kappa shape index (κ2) is 7.79. The van der Waals surface area contributed by atoms with Crippen molar-refractivity contribution >= 4 is 0 Å². The Morgan fingerprint density at radius 1 is 0.750 bits per heavy atom. The molecule has 0 heterocycles. The molecule has 1 rings (SSSR count). The number of hydrogen-bond donors (Lipinski definition) is 0. The molecular formula is C18H38N2. The van der Waals surface area contributed by atoms with Gasteiger partial charge >= 0.3 is 0 Å². The van der Waals surface area contributed by atoms with E-state index in [1.54, 1.807) is 0 Å². The summed E-state index contributed by atoms with van der Waals surface area (Å²) in [4.78, 5) is 5.43. The molecule has 0 aliphatic heterocycles. The summed E-state index contributed by atoms with van der Waals surface area (Å²) in [5, 5.41) is 0. The van der Waals surface area contributed by atoms with Crippen LogP contribution in [0.25, 0.3) is 0 Å². The zero-order valence-electron chi connectivity index (χ0n) is 15.1. The third kappa shape index (κ3) is 6.58. The molecule has 0 saturated heterocycles. The second-order valence-electron chi connectivity index (χ2n) is 8.38. The van der Waals surface area contributed by atoms with Crippen LogP contribution in [0.2, 0.25) is 0 Å². The third-order valence-corrected chi connectivity index (χ3v) is 4.26. The first-order valence-corrected chi connectivity index (χ1v) is 8.70. The van der Waals surface area contributed by atoms with Gasteiger partial charge in [-0.3, -0.25) is 4.90 Å². The van der Waals surface area contributed by atoms with Crippen LogP contribution in [-0.4, -0.2) is 48.1 Å². The number of hydrogen-bond acceptors (Lipinski definition) is 2. The van der Waals surface area contributed by atoms with E-state index in [0.29, 0.717) is 5.54 Å². The van der Waals surface area contributed by atoms with Crippen molar-refractivity contribution in [1.82, 2.24) is 9.80 Å². The van der Waals surface area contributed by atoms with Gasteiger partial charge in [-0.05, 0) is 37.5 Å². The van der Waals surface area contributed by atoms with Gasteiger partial charge in [0, 0.05) is 38.3 Å². The maximum absolute atomic E-state index is 2.76. The van der Waals surface area contributed by atoms with Crippen molar-refractivity contribution in [2.75, 3.05) is 32.7 Å². The zero-order valence-corrected chi connectivity index (χ0v) is 15.1. The SMILES string of the molecule is CC(C)CN(CCN(CC(C)C)C1(C)CC1)CC(C)C. The molecular weight excluding hydrogens is 244 g/mol. The normalized spacial score (nSPS) is 18.0. The van der Waals surface area contributed by atoms with Crippen molar-refractivity contribution in [3.05, 3.63) is 0 Å². The Bertz CT molecular complexity index is 257. The zero-order chi connectivity index (χ0) is 15.3. The molecule has 0 atom stereocenters. The van der Waals surface area contributed by atoms with E-state index in [1.807, 2.05) is 0 Å². The molecule has 1 fully saturated rings. The summed E-state index contributed by atoms with van der Waals surface area (Å²) in [5.41, 5.74) is 0.519. The lowest BCUT2D eigenvalue weighted by Gasteiger charge is -2.34. The van der Waals surface area contributed by atoms with Crippen LogP contribution in [0.5, 0.6) is 0 Å². The van der Waals surface area contributed by atoms with Crippen molar-refractivity contribution in [3.63, 3.8) is 0 Å². The Balaban J connectivity index is 2.49. The molecule has 0 aromatic heterocycles. The first kappa shape index (κ1) is 18.0. The van der Waals surface area contributed by atoms with Crippen LogP contribution in [-0.2, 0) is 0 Å². The van der Waals surface area contributed by atoms with E-state index in [0.717, 1.165) is 17.8 Å². The molecule has 0 amide bonds. The van der Waals surface area contributed by atoms with E-state index in [1.165, 1.54) is 45.6 Å². The molecule has 20 heavy (non-hydrogen) atoms. The van der Waals surface area contributed by atoms with Gasteiger partial charge < -0.3 is 4.90 Å². The van der Waals surface area contributed by atoms with Crippen molar-refractivity contribution in [2.45, 2.75) is 66.8 Å². The quantitative estimate of drug-likeness (QED) is 0.595. The monoisotopic (exact) mass is 282 g/mol. The first-order valence-electron chi connectivity index (χ1n) is 8.70. The van der Waals surface area contributed by atoms with Gasteiger partial charge in [0.1, 0.15) is 0 Å². The molecule has 2 heteroatoms.